The van der Waals surface area contributed by atoms with Crippen LogP contribution in [0.3, 0.4) is 0 Å². The van der Waals surface area contributed by atoms with Crippen LogP contribution in [0.25, 0.3) is 0 Å². The first-order valence-electron chi connectivity index (χ1n) is 10.1. The lowest BCUT2D eigenvalue weighted by Gasteiger charge is -2.30. The molecule has 0 spiro atoms. The highest BCUT2D eigenvalue weighted by Crippen LogP contribution is 2.18. The largest absolute Gasteiger partial charge is 0.496 e. The van der Waals surface area contributed by atoms with E-state index in [1.807, 2.05) is 18.2 Å². The van der Waals surface area contributed by atoms with Crippen molar-refractivity contribution in [1.29, 1.82) is 0 Å². The fourth-order valence-electron chi connectivity index (χ4n) is 3.29. The second-order valence-corrected chi connectivity index (χ2v) is 7.17. The molecule has 1 heterocycles. The third-order valence-corrected chi connectivity index (χ3v) is 5.01. The lowest BCUT2D eigenvalue weighted by Crippen LogP contribution is -2.38. The van der Waals surface area contributed by atoms with Crippen molar-refractivity contribution in [3.8, 4) is 5.75 Å². The van der Waals surface area contributed by atoms with E-state index >= 15 is 0 Å². The molecule has 0 aromatic heterocycles. The average Bonchev–Trinajstić information content (AvgIpc) is 2.67. The summed E-state index contributed by atoms with van der Waals surface area (Å²) in [4.78, 5) is 7.30. The number of methoxy groups -OCH3 is 1. The molecule has 6 heteroatoms. The Hall–Kier alpha value is -1.02. The zero-order valence-electron chi connectivity index (χ0n) is 17.2. The minimum absolute atomic E-state index is 0. The molecule has 0 aliphatic carbocycles. The topological polar surface area (TPSA) is 48.9 Å². The Morgan fingerprint density at radius 3 is 2.63 bits per heavy atom. The number of guanidine groups is 1. The third kappa shape index (κ3) is 9.14. The maximum absolute atomic E-state index is 5.40. The first-order valence-corrected chi connectivity index (χ1v) is 10.1. The Morgan fingerprint density at radius 1 is 1.19 bits per heavy atom. The summed E-state index contributed by atoms with van der Waals surface area (Å²) >= 11 is 0. The third-order valence-electron chi connectivity index (χ3n) is 5.01. The maximum Gasteiger partial charge on any atom is 0.191 e. The van der Waals surface area contributed by atoms with Crippen LogP contribution in [-0.2, 0) is 6.54 Å². The van der Waals surface area contributed by atoms with Crippen molar-refractivity contribution in [2.75, 3.05) is 39.8 Å². The molecule has 1 aromatic rings. The Balaban J connectivity index is 0.00000364. The summed E-state index contributed by atoms with van der Waals surface area (Å²) in [6.07, 6.45) is 5.13. The summed E-state index contributed by atoms with van der Waals surface area (Å²) in [6, 6.07) is 8.05. The molecule has 1 aliphatic rings. The van der Waals surface area contributed by atoms with Crippen LogP contribution in [0.4, 0.5) is 0 Å². The fourth-order valence-corrected chi connectivity index (χ4v) is 3.29. The second-order valence-electron chi connectivity index (χ2n) is 7.17. The Bertz CT molecular complexity index is 545. The molecule has 1 aromatic carbocycles. The number of nitrogens with zero attached hydrogens (tertiary/aromatic N) is 2. The monoisotopic (exact) mass is 488 g/mol. The van der Waals surface area contributed by atoms with Gasteiger partial charge in [-0.25, -0.2) is 4.99 Å². The number of hydrogen-bond acceptors (Lipinski definition) is 3. The molecule has 0 atom stereocenters. The van der Waals surface area contributed by atoms with Crippen molar-refractivity contribution in [2.45, 2.75) is 46.1 Å². The second kappa shape index (κ2) is 14.0. The smallest absolute Gasteiger partial charge is 0.191 e. The molecule has 0 radical (unpaired) electrons. The van der Waals surface area contributed by atoms with E-state index in [-0.39, 0.29) is 24.0 Å². The summed E-state index contributed by atoms with van der Waals surface area (Å²) in [6.45, 7) is 10.7. The summed E-state index contributed by atoms with van der Waals surface area (Å²) in [5.74, 6) is 2.68. The Labute approximate surface area is 182 Å². The number of likely N-dealkylation sites (tertiary alicyclic amines) is 1. The van der Waals surface area contributed by atoms with E-state index in [1.165, 1.54) is 45.3 Å². The molecule has 1 fully saturated rings. The summed E-state index contributed by atoms with van der Waals surface area (Å²) in [7, 11) is 1.70. The van der Waals surface area contributed by atoms with Crippen LogP contribution in [0.1, 0.15) is 45.1 Å². The first-order chi connectivity index (χ1) is 12.7. The summed E-state index contributed by atoms with van der Waals surface area (Å²) < 4.78 is 5.40. The Kier molecular flexibility index (Phi) is 12.5. The molecule has 154 valence electrons. The van der Waals surface area contributed by atoms with Crippen LogP contribution in [0.5, 0.6) is 5.75 Å². The van der Waals surface area contributed by atoms with E-state index in [0.29, 0.717) is 6.54 Å². The van der Waals surface area contributed by atoms with Crippen molar-refractivity contribution in [2.24, 2.45) is 10.9 Å². The minimum atomic E-state index is 0. The average molecular weight is 488 g/mol. The molecule has 1 saturated heterocycles. The summed E-state index contributed by atoms with van der Waals surface area (Å²) in [5.41, 5.74) is 1.10. The van der Waals surface area contributed by atoms with Crippen LogP contribution < -0.4 is 15.4 Å². The number of aliphatic imine (C=N–C) groups is 1. The number of para-hydroxylation sites is 1. The van der Waals surface area contributed by atoms with Gasteiger partial charge in [0, 0.05) is 18.7 Å². The normalized spacial score (nSPS) is 15.9. The molecule has 1 aliphatic heterocycles. The van der Waals surface area contributed by atoms with Crippen molar-refractivity contribution >= 4 is 29.9 Å². The molecule has 27 heavy (non-hydrogen) atoms. The lowest BCUT2D eigenvalue weighted by molar-refractivity contribution is 0.189. The van der Waals surface area contributed by atoms with Gasteiger partial charge in [-0.2, -0.15) is 0 Å². The zero-order valence-corrected chi connectivity index (χ0v) is 19.5. The van der Waals surface area contributed by atoms with Crippen molar-refractivity contribution in [3.05, 3.63) is 29.8 Å². The highest BCUT2D eigenvalue weighted by molar-refractivity contribution is 14.0. The molecule has 0 saturated carbocycles. The Morgan fingerprint density at radius 2 is 1.93 bits per heavy atom. The van der Waals surface area contributed by atoms with Crippen LogP contribution in [0, 0.1) is 5.92 Å². The predicted octanol–water partition coefficient (Wildman–Crippen LogP) is 3.88. The zero-order chi connectivity index (χ0) is 18.6. The van der Waals surface area contributed by atoms with E-state index in [0.717, 1.165) is 36.3 Å². The van der Waals surface area contributed by atoms with Crippen LogP contribution in [-0.4, -0.2) is 50.7 Å². The lowest BCUT2D eigenvalue weighted by atomic mass is 9.99. The highest BCUT2D eigenvalue weighted by atomic mass is 127. The number of halogens is 1. The van der Waals surface area contributed by atoms with Gasteiger partial charge in [0.05, 0.1) is 13.7 Å². The van der Waals surface area contributed by atoms with E-state index in [4.69, 9.17) is 9.73 Å². The van der Waals surface area contributed by atoms with Gasteiger partial charge >= 0.3 is 0 Å². The van der Waals surface area contributed by atoms with Crippen LogP contribution in [0.15, 0.2) is 29.3 Å². The van der Waals surface area contributed by atoms with Crippen LogP contribution in [0.2, 0.25) is 0 Å². The number of benzene rings is 1. The first kappa shape index (κ1) is 24.0. The van der Waals surface area contributed by atoms with Crippen molar-refractivity contribution in [3.63, 3.8) is 0 Å². The van der Waals surface area contributed by atoms with E-state index in [9.17, 15) is 0 Å². The molecule has 2 rings (SSSR count). The van der Waals surface area contributed by atoms with Gasteiger partial charge in [0.2, 0.25) is 0 Å². The number of rotatable bonds is 9. The van der Waals surface area contributed by atoms with E-state index < -0.39 is 0 Å². The van der Waals surface area contributed by atoms with Gasteiger partial charge in [-0.1, -0.05) is 25.1 Å². The van der Waals surface area contributed by atoms with Gasteiger partial charge in [-0.15, -0.1) is 24.0 Å². The molecule has 2 N–H and O–H groups in total. The van der Waals surface area contributed by atoms with Gasteiger partial charge in [-0.3, -0.25) is 0 Å². The van der Waals surface area contributed by atoms with Gasteiger partial charge in [0.1, 0.15) is 5.75 Å². The number of nitrogens with one attached hydrogen (secondary N) is 2. The van der Waals surface area contributed by atoms with Gasteiger partial charge in [0.15, 0.2) is 5.96 Å². The van der Waals surface area contributed by atoms with Crippen molar-refractivity contribution in [1.82, 2.24) is 15.5 Å². The van der Waals surface area contributed by atoms with Gasteiger partial charge in [-0.05, 0) is 64.2 Å². The number of piperidine rings is 1. The number of hydrogen-bond donors (Lipinski definition) is 2. The fraction of sp³-hybridized carbons (Fsp3) is 0.667. The van der Waals surface area contributed by atoms with Gasteiger partial charge in [0.25, 0.3) is 0 Å². The SMILES string of the molecule is CCNC(=NCc1ccccc1OC)NCCCCN1CCC(C)CC1.I. The standard InChI is InChI=1S/C21H36N4O.HI/c1-4-22-21(24-17-19-9-5-6-10-20(19)26-3)23-13-7-8-14-25-15-11-18(2)12-16-25;/h5-6,9-10,18H,4,7-8,11-17H2,1-3H3,(H2,22,23,24);1H. The van der Waals surface area contributed by atoms with Crippen molar-refractivity contribution < 1.29 is 4.74 Å². The minimum Gasteiger partial charge on any atom is -0.496 e. The molecular weight excluding hydrogens is 451 g/mol. The van der Waals surface area contributed by atoms with Crippen LogP contribution >= 0.6 is 24.0 Å². The quantitative estimate of drug-likeness (QED) is 0.240. The maximum atomic E-state index is 5.40. The predicted molar refractivity (Wildman–Crippen MR) is 125 cm³/mol. The van der Waals surface area contributed by atoms with Gasteiger partial charge < -0.3 is 20.3 Å². The molecule has 5 nitrogen and oxygen atoms in total. The number of unbranched alkanes of at least 4 members (excludes halogenated alkanes) is 1. The molecular formula is C21H37IN4O. The van der Waals surface area contributed by atoms with E-state index in [1.54, 1.807) is 7.11 Å². The molecule has 0 bridgehead atoms. The summed E-state index contributed by atoms with van der Waals surface area (Å²) in [5, 5.41) is 6.78. The molecule has 0 unspecified atom stereocenters. The highest BCUT2D eigenvalue weighted by Gasteiger charge is 2.14. The molecule has 0 amide bonds. The van der Waals surface area contributed by atoms with E-state index in [2.05, 4.69) is 35.4 Å². The number of ether oxygens (including phenoxy) is 1.